The largest absolute Gasteiger partial charge is 0.496 e. The molecule has 1 N–H and O–H groups in total. The SMILES string of the molecule is COc1ccc(C(C)=O)cc1C[NH+]1CCOCC1. The maximum Gasteiger partial charge on any atom is 0.159 e. The van der Waals surface area contributed by atoms with E-state index < -0.39 is 0 Å². The summed E-state index contributed by atoms with van der Waals surface area (Å²) in [5, 5.41) is 0. The molecule has 0 atom stereocenters. The summed E-state index contributed by atoms with van der Waals surface area (Å²) in [5.74, 6) is 0.954. The fourth-order valence-corrected chi connectivity index (χ4v) is 2.24. The van der Waals surface area contributed by atoms with Crippen molar-refractivity contribution < 1.29 is 19.2 Å². The molecule has 1 aromatic carbocycles. The topological polar surface area (TPSA) is 40.0 Å². The molecule has 2 rings (SSSR count). The summed E-state index contributed by atoms with van der Waals surface area (Å²) < 4.78 is 10.7. The Labute approximate surface area is 107 Å². The maximum atomic E-state index is 11.4. The summed E-state index contributed by atoms with van der Waals surface area (Å²) in [6, 6.07) is 5.65. The lowest BCUT2D eigenvalue weighted by atomic mass is 10.1. The highest BCUT2D eigenvalue weighted by Crippen LogP contribution is 2.19. The van der Waals surface area contributed by atoms with Gasteiger partial charge in [0.2, 0.25) is 0 Å². The van der Waals surface area contributed by atoms with Gasteiger partial charge in [0.15, 0.2) is 5.78 Å². The minimum atomic E-state index is 0.0934. The number of methoxy groups -OCH3 is 1. The first-order valence-corrected chi connectivity index (χ1v) is 6.30. The van der Waals surface area contributed by atoms with Crippen LogP contribution in [0.5, 0.6) is 5.75 Å². The first kappa shape index (κ1) is 13.1. The van der Waals surface area contributed by atoms with Gasteiger partial charge in [-0.1, -0.05) is 0 Å². The van der Waals surface area contributed by atoms with Crippen LogP contribution in [0.3, 0.4) is 0 Å². The van der Waals surface area contributed by atoms with E-state index in [1.54, 1.807) is 14.0 Å². The van der Waals surface area contributed by atoms with E-state index in [9.17, 15) is 4.79 Å². The summed E-state index contributed by atoms with van der Waals surface area (Å²) in [6.07, 6.45) is 0. The van der Waals surface area contributed by atoms with E-state index in [1.807, 2.05) is 18.2 Å². The Morgan fingerprint density at radius 3 is 2.72 bits per heavy atom. The number of hydrogen-bond donors (Lipinski definition) is 1. The average Bonchev–Trinajstić information content (AvgIpc) is 2.39. The van der Waals surface area contributed by atoms with Gasteiger partial charge in [-0.2, -0.15) is 0 Å². The quantitative estimate of drug-likeness (QED) is 0.782. The predicted molar refractivity (Wildman–Crippen MR) is 68.2 cm³/mol. The maximum absolute atomic E-state index is 11.4. The predicted octanol–water partition coefficient (Wildman–Crippen LogP) is 0.313. The van der Waals surface area contributed by atoms with Crippen LogP contribution in [-0.2, 0) is 11.3 Å². The van der Waals surface area contributed by atoms with Crippen LogP contribution in [0.4, 0.5) is 0 Å². The van der Waals surface area contributed by atoms with Gasteiger partial charge in [-0.05, 0) is 25.1 Å². The number of quaternary nitrogens is 1. The minimum Gasteiger partial charge on any atom is -0.496 e. The van der Waals surface area contributed by atoms with Gasteiger partial charge < -0.3 is 14.4 Å². The second-order valence-corrected chi connectivity index (χ2v) is 4.62. The second kappa shape index (κ2) is 5.98. The van der Waals surface area contributed by atoms with Gasteiger partial charge in [-0.25, -0.2) is 0 Å². The third-order valence-corrected chi connectivity index (χ3v) is 3.33. The van der Waals surface area contributed by atoms with Gasteiger partial charge in [0, 0.05) is 11.1 Å². The Bertz CT molecular complexity index is 425. The molecule has 98 valence electrons. The van der Waals surface area contributed by atoms with E-state index >= 15 is 0 Å². The summed E-state index contributed by atoms with van der Waals surface area (Å²) in [4.78, 5) is 12.9. The highest BCUT2D eigenvalue weighted by Gasteiger charge is 2.17. The number of hydrogen-bond acceptors (Lipinski definition) is 3. The lowest BCUT2D eigenvalue weighted by molar-refractivity contribution is -0.921. The van der Waals surface area contributed by atoms with E-state index in [-0.39, 0.29) is 5.78 Å². The monoisotopic (exact) mass is 250 g/mol. The van der Waals surface area contributed by atoms with Crippen LogP contribution in [0.25, 0.3) is 0 Å². The third-order valence-electron chi connectivity index (χ3n) is 3.33. The number of carbonyl (C=O) groups excluding carboxylic acids is 1. The Balaban J connectivity index is 2.17. The number of morpholine rings is 1. The van der Waals surface area contributed by atoms with Gasteiger partial charge in [0.05, 0.1) is 20.3 Å². The van der Waals surface area contributed by atoms with Crippen molar-refractivity contribution in [2.24, 2.45) is 0 Å². The fourth-order valence-electron chi connectivity index (χ4n) is 2.24. The van der Waals surface area contributed by atoms with Crippen LogP contribution in [0, 0.1) is 0 Å². The zero-order valence-electron chi connectivity index (χ0n) is 11.0. The lowest BCUT2D eigenvalue weighted by Crippen LogP contribution is -3.12. The highest BCUT2D eigenvalue weighted by atomic mass is 16.5. The molecule has 0 radical (unpaired) electrons. The van der Waals surface area contributed by atoms with E-state index in [0.717, 1.165) is 49.7 Å². The summed E-state index contributed by atoms with van der Waals surface area (Å²) >= 11 is 0. The van der Waals surface area contributed by atoms with Crippen LogP contribution < -0.4 is 9.64 Å². The molecule has 0 spiro atoms. The van der Waals surface area contributed by atoms with Gasteiger partial charge in [-0.3, -0.25) is 4.79 Å². The molecule has 1 aliphatic rings. The Morgan fingerprint density at radius 2 is 2.11 bits per heavy atom. The molecular formula is C14H20NO3+. The van der Waals surface area contributed by atoms with Crippen molar-refractivity contribution in [3.05, 3.63) is 29.3 Å². The van der Waals surface area contributed by atoms with E-state index in [2.05, 4.69) is 0 Å². The van der Waals surface area contributed by atoms with Crippen molar-refractivity contribution in [3.8, 4) is 5.75 Å². The molecule has 1 fully saturated rings. The standard InChI is InChI=1S/C14H19NO3/c1-11(16)12-3-4-14(17-2)13(9-12)10-15-5-7-18-8-6-15/h3-4,9H,5-8,10H2,1-2H3/p+1. The second-order valence-electron chi connectivity index (χ2n) is 4.62. The highest BCUT2D eigenvalue weighted by molar-refractivity contribution is 5.94. The molecule has 0 aliphatic carbocycles. The van der Waals surface area contributed by atoms with E-state index in [1.165, 1.54) is 4.90 Å². The normalized spacial score (nSPS) is 16.6. The van der Waals surface area contributed by atoms with Crippen molar-refractivity contribution in [1.29, 1.82) is 0 Å². The minimum absolute atomic E-state index is 0.0934. The van der Waals surface area contributed by atoms with Crippen LogP contribution in [-0.4, -0.2) is 39.2 Å². The zero-order chi connectivity index (χ0) is 13.0. The molecule has 1 aliphatic heterocycles. The smallest absolute Gasteiger partial charge is 0.159 e. The van der Waals surface area contributed by atoms with Gasteiger partial charge >= 0.3 is 0 Å². The Morgan fingerprint density at radius 1 is 1.39 bits per heavy atom. The molecule has 0 bridgehead atoms. The average molecular weight is 250 g/mol. The van der Waals surface area contributed by atoms with Crippen LogP contribution >= 0.6 is 0 Å². The van der Waals surface area contributed by atoms with Gasteiger partial charge in [0.25, 0.3) is 0 Å². The summed E-state index contributed by atoms with van der Waals surface area (Å²) in [6.45, 7) is 6.11. The number of ether oxygens (including phenoxy) is 2. The molecule has 0 amide bonds. The van der Waals surface area contributed by atoms with E-state index in [4.69, 9.17) is 9.47 Å². The molecule has 1 aromatic rings. The number of nitrogens with one attached hydrogen (secondary N) is 1. The van der Waals surface area contributed by atoms with Crippen molar-refractivity contribution in [3.63, 3.8) is 0 Å². The molecule has 4 nitrogen and oxygen atoms in total. The Hall–Kier alpha value is -1.39. The first-order valence-electron chi connectivity index (χ1n) is 6.30. The number of carbonyl (C=O) groups is 1. The van der Waals surface area contributed by atoms with Crippen LogP contribution in [0.15, 0.2) is 18.2 Å². The molecular weight excluding hydrogens is 230 g/mol. The number of ketones is 1. The fraction of sp³-hybridized carbons (Fsp3) is 0.500. The molecule has 4 heteroatoms. The van der Waals surface area contributed by atoms with Crippen LogP contribution in [0.1, 0.15) is 22.8 Å². The summed E-state index contributed by atoms with van der Waals surface area (Å²) in [5.41, 5.74) is 1.85. The number of rotatable bonds is 4. The third kappa shape index (κ3) is 3.09. The van der Waals surface area contributed by atoms with Gasteiger partial charge in [0.1, 0.15) is 25.4 Å². The first-order chi connectivity index (χ1) is 8.70. The van der Waals surface area contributed by atoms with Crippen molar-refractivity contribution in [1.82, 2.24) is 0 Å². The van der Waals surface area contributed by atoms with Gasteiger partial charge in [-0.15, -0.1) is 0 Å². The molecule has 0 saturated carbocycles. The molecule has 1 saturated heterocycles. The molecule has 0 aromatic heterocycles. The zero-order valence-corrected chi connectivity index (χ0v) is 11.0. The van der Waals surface area contributed by atoms with E-state index in [0.29, 0.717) is 0 Å². The molecule has 0 unspecified atom stereocenters. The van der Waals surface area contributed by atoms with Crippen molar-refractivity contribution >= 4 is 5.78 Å². The van der Waals surface area contributed by atoms with Crippen molar-refractivity contribution in [2.45, 2.75) is 13.5 Å². The molecule has 18 heavy (non-hydrogen) atoms. The number of benzene rings is 1. The van der Waals surface area contributed by atoms with Crippen LogP contribution in [0.2, 0.25) is 0 Å². The Kier molecular flexibility index (Phi) is 4.33. The lowest BCUT2D eigenvalue weighted by Gasteiger charge is -2.24. The number of Topliss-reactive ketones (excluding diaryl/α,β-unsaturated/α-hetero) is 1. The molecule has 1 heterocycles. The van der Waals surface area contributed by atoms with Crippen molar-refractivity contribution in [2.75, 3.05) is 33.4 Å². The summed E-state index contributed by atoms with van der Waals surface area (Å²) in [7, 11) is 1.67.